The van der Waals surface area contributed by atoms with E-state index in [4.69, 9.17) is 4.74 Å². The van der Waals surface area contributed by atoms with Crippen molar-refractivity contribution in [2.24, 2.45) is 5.92 Å². The fraction of sp³-hybridized carbons (Fsp3) is 0.227. The van der Waals surface area contributed by atoms with E-state index in [1.807, 2.05) is 30.3 Å². The Labute approximate surface area is 163 Å². The number of para-hydroxylation sites is 1. The van der Waals surface area contributed by atoms with Crippen molar-refractivity contribution in [2.45, 2.75) is 20.8 Å². The van der Waals surface area contributed by atoms with E-state index < -0.39 is 0 Å². The number of aryl methyl sites for hydroxylation is 1. The Morgan fingerprint density at radius 1 is 1.07 bits per heavy atom. The lowest BCUT2D eigenvalue weighted by Gasteiger charge is -2.19. The van der Waals surface area contributed by atoms with Crippen LogP contribution in [0.1, 0.15) is 19.5 Å². The SMILES string of the molecule is COc1ccc(-c2c(NC(=O)C(C)C)n(-c3ccccc3)nc(C)c2=O)cc1. The molecule has 0 saturated heterocycles. The summed E-state index contributed by atoms with van der Waals surface area (Å²) in [6, 6.07) is 16.6. The molecule has 28 heavy (non-hydrogen) atoms. The minimum Gasteiger partial charge on any atom is -0.497 e. The van der Waals surface area contributed by atoms with Crippen LogP contribution in [0.25, 0.3) is 16.8 Å². The van der Waals surface area contributed by atoms with Gasteiger partial charge in [0.15, 0.2) is 0 Å². The number of ether oxygens (including phenoxy) is 1. The van der Waals surface area contributed by atoms with Crippen LogP contribution in [-0.4, -0.2) is 22.8 Å². The molecular formula is C22H23N3O3. The summed E-state index contributed by atoms with van der Waals surface area (Å²) < 4.78 is 6.82. The van der Waals surface area contributed by atoms with Crippen molar-refractivity contribution in [3.63, 3.8) is 0 Å². The van der Waals surface area contributed by atoms with Gasteiger partial charge in [-0.15, -0.1) is 0 Å². The number of carbonyl (C=O) groups is 1. The van der Waals surface area contributed by atoms with E-state index in [0.29, 0.717) is 28.4 Å². The third kappa shape index (κ3) is 3.81. The average Bonchev–Trinajstić information content (AvgIpc) is 2.71. The van der Waals surface area contributed by atoms with Crippen LogP contribution in [0.15, 0.2) is 59.4 Å². The first kappa shape index (κ1) is 19.4. The van der Waals surface area contributed by atoms with Gasteiger partial charge in [-0.2, -0.15) is 5.10 Å². The molecule has 1 amide bonds. The summed E-state index contributed by atoms with van der Waals surface area (Å²) in [7, 11) is 1.59. The van der Waals surface area contributed by atoms with Crippen molar-refractivity contribution in [3.8, 4) is 22.6 Å². The van der Waals surface area contributed by atoms with Crippen LogP contribution in [0.5, 0.6) is 5.75 Å². The number of methoxy groups -OCH3 is 1. The lowest BCUT2D eigenvalue weighted by molar-refractivity contribution is -0.118. The standard InChI is InChI=1S/C22H23N3O3/c1-14(2)22(27)23-21-19(16-10-12-18(28-4)13-11-16)20(26)15(3)24-25(21)17-8-6-5-7-9-17/h5-14H,1-4H3,(H,23,27). The molecule has 1 N–H and O–H groups in total. The van der Waals surface area contributed by atoms with Crippen molar-refractivity contribution in [1.82, 2.24) is 9.78 Å². The second kappa shape index (κ2) is 8.08. The van der Waals surface area contributed by atoms with Gasteiger partial charge >= 0.3 is 0 Å². The molecule has 6 heteroatoms. The quantitative estimate of drug-likeness (QED) is 0.734. The van der Waals surface area contributed by atoms with Gasteiger partial charge in [-0.25, -0.2) is 4.68 Å². The minimum atomic E-state index is -0.246. The molecule has 0 radical (unpaired) electrons. The Bertz CT molecular complexity index is 1040. The molecule has 0 aliphatic carbocycles. The lowest BCUT2D eigenvalue weighted by atomic mass is 10.0. The zero-order valence-electron chi connectivity index (χ0n) is 16.4. The van der Waals surface area contributed by atoms with Crippen molar-refractivity contribution in [1.29, 1.82) is 0 Å². The van der Waals surface area contributed by atoms with Crippen molar-refractivity contribution >= 4 is 11.7 Å². The van der Waals surface area contributed by atoms with E-state index in [9.17, 15) is 9.59 Å². The fourth-order valence-corrected chi connectivity index (χ4v) is 2.80. The summed E-state index contributed by atoms with van der Waals surface area (Å²) >= 11 is 0. The van der Waals surface area contributed by atoms with Gasteiger partial charge in [0.1, 0.15) is 17.3 Å². The fourth-order valence-electron chi connectivity index (χ4n) is 2.80. The maximum atomic E-state index is 13.0. The van der Waals surface area contributed by atoms with E-state index in [1.54, 1.807) is 56.8 Å². The van der Waals surface area contributed by atoms with Crippen molar-refractivity contribution in [2.75, 3.05) is 12.4 Å². The molecule has 0 fully saturated rings. The molecule has 144 valence electrons. The number of rotatable bonds is 5. The van der Waals surface area contributed by atoms with E-state index >= 15 is 0 Å². The molecule has 3 aromatic rings. The molecular weight excluding hydrogens is 354 g/mol. The Morgan fingerprint density at radius 3 is 2.29 bits per heavy atom. The summed E-state index contributed by atoms with van der Waals surface area (Å²) in [5, 5.41) is 7.34. The summed E-state index contributed by atoms with van der Waals surface area (Å²) in [6.07, 6.45) is 0. The van der Waals surface area contributed by atoms with Gasteiger partial charge in [0.05, 0.1) is 18.4 Å². The smallest absolute Gasteiger partial charge is 0.228 e. The molecule has 1 aromatic heterocycles. The van der Waals surface area contributed by atoms with Crippen LogP contribution < -0.4 is 15.5 Å². The Balaban J connectivity index is 2.30. The molecule has 1 heterocycles. The molecule has 6 nitrogen and oxygen atoms in total. The van der Waals surface area contributed by atoms with E-state index in [1.165, 1.54) is 0 Å². The highest BCUT2D eigenvalue weighted by Crippen LogP contribution is 2.28. The number of hydrogen-bond acceptors (Lipinski definition) is 4. The van der Waals surface area contributed by atoms with E-state index in [0.717, 1.165) is 5.69 Å². The maximum absolute atomic E-state index is 13.0. The third-order valence-corrected chi connectivity index (χ3v) is 4.40. The highest BCUT2D eigenvalue weighted by molar-refractivity contribution is 5.95. The number of benzene rings is 2. The molecule has 0 spiro atoms. The van der Waals surface area contributed by atoms with Crippen molar-refractivity contribution < 1.29 is 9.53 Å². The topological polar surface area (TPSA) is 73.2 Å². The maximum Gasteiger partial charge on any atom is 0.228 e. The number of amides is 1. The first-order valence-corrected chi connectivity index (χ1v) is 9.07. The molecule has 3 rings (SSSR count). The highest BCUT2D eigenvalue weighted by Gasteiger charge is 2.21. The molecule has 0 atom stereocenters. The van der Waals surface area contributed by atoms with Gasteiger partial charge in [-0.3, -0.25) is 9.59 Å². The van der Waals surface area contributed by atoms with Crippen LogP contribution in [0.3, 0.4) is 0 Å². The van der Waals surface area contributed by atoms with E-state index in [2.05, 4.69) is 10.4 Å². The number of carbonyl (C=O) groups excluding carboxylic acids is 1. The molecule has 0 bridgehead atoms. The largest absolute Gasteiger partial charge is 0.497 e. The summed E-state index contributed by atoms with van der Waals surface area (Å²) in [5.74, 6) is 0.602. The molecule has 2 aromatic carbocycles. The first-order chi connectivity index (χ1) is 13.4. The molecule has 0 saturated carbocycles. The predicted octanol–water partition coefficient (Wildman–Crippen LogP) is 3.81. The highest BCUT2D eigenvalue weighted by atomic mass is 16.5. The van der Waals surface area contributed by atoms with Gasteiger partial charge in [-0.05, 0) is 36.8 Å². The van der Waals surface area contributed by atoms with Gasteiger partial charge in [-0.1, -0.05) is 44.2 Å². The van der Waals surface area contributed by atoms with Crippen LogP contribution >= 0.6 is 0 Å². The van der Waals surface area contributed by atoms with Crippen LogP contribution in [0.4, 0.5) is 5.82 Å². The first-order valence-electron chi connectivity index (χ1n) is 9.07. The molecule has 0 unspecified atom stereocenters. The van der Waals surface area contributed by atoms with E-state index in [-0.39, 0.29) is 17.3 Å². The monoisotopic (exact) mass is 377 g/mol. The van der Waals surface area contributed by atoms with Gasteiger partial charge < -0.3 is 10.1 Å². The third-order valence-electron chi connectivity index (χ3n) is 4.40. The van der Waals surface area contributed by atoms with Gasteiger partial charge in [0, 0.05) is 5.92 Å². The van der Waals surface area contributed by atoms with Gasteiger partial charge in [0.2, 0.25) is 11.3 Å². The number of hydrogen-bond donors (Lipinski definition) is 1. The normalized spacial score (nSPS) is 10.8. The lowest BCUT2D eigenvalue weighted by Crippen LogP contribution is -2.26. The van der Waals surface area contributed by atoms with Crippen molar-refractivity contribution in [3.05, 3.63) is 70.5 Å². The number of anilines is 1. The minimum absolute atomic E-state index is 0.190. The number of nitrogens with one attached hydrogen (secondary N) is 1. The zero-order chi connectivity index (χ0) is 20.3. The van der Waals surface area contributed by atoms with Gasteiger partial charge in [0.25, 0.3) is 0 Å². The number of aromatic nitrogens is 2. The second-order valence-electron chi connectivity index (χ2n) is 6.76. The average molecular weight is 377 g/mol. The predicted molar refractivity (Wildman–Crippen MR) is 110 cm³/mol. The van der Waals surface area contributed by atoms with Crippen LogP contribution in [-0.2, 0) is 4.79 Å². The molecule has 0 aliphatic rings. The summed E-state index contributed by atoms with van der Waals surface area (Å²) in [6.45, 7) is 5.27. The van der Waals surface area contributed by atoms with Crippen LogP contribution in [0.2, 0.25) is 0 Å². The number of nitrogens with zero attached hydrogens (tertiary/aromatic N) is 2. The Kier molecular flexibility index (Phi) is 5.59. The Morgan fingerprint density at radius 2 is 1.71 bits per heavy atom. The Hall–Kier alpha value is -3.41. The summed E-state index contributed by atoms with van der Waals surface area (Å²) in [5.41, 5.74) is 1.95. The molecule has 0 aliphatic heterocycles. The summed E-state index contributed by atoms with van der Waals surface area (Å²) in [4.78, 5) is 25.5. The van der Waals surface area contributed by atoms with Crippen LogP contribution in [0, 0.1) is 12.8 Å². The second-order valence-corrected chi connectivity index (χ2v) is 6.76. The zero-order valence-corrected chi connectivity index (χ0v) is 16.4.